The lowest BCUT2D eigenvalue weighted by Crippen LogP contribution is -2.09. The van der Waals surface area contributed by atoms with Crippen molar-refractivity contribution in [2.45, 2.75) is 19.8 Å². The first-order chi connectivity index (χ1) is 9.22. The Morgan fingerprint density at radius 3 is 2.89 bits per heavy atom. The number of ether oxygens (including phenoxy) is 1. The van der Waals surface area contributed by atoms with Crippen LogP contribution in [0.4, 0.5) is 5.00 Å². The van der Waals surface area contributed by atoms with Gasteiger partial charge in [0.15, 0.2) is 0 Å². The molecule has 0 aliphatic heterocycles. The van der Waals surface area contributed by atoms with E-state index in [2.05, 4.69) is 5.32 Å². The molecule has 2 rings (SSSR count). The summed E-state index contributed by atoms with van der Waals surface area (Å²) in [6.07, 6.45) is 1.42. The Balaban J connectivity index is 2.13. The van der Waals surface area contributed by atoms with Gasteiger partial charge in [-0.1, -0.05) is 19.1 Å². The van der Waals surface area contributed by atoms with E-state index in [9.17, 15) is 4.79 Å². The van der Waals surface area contributed by atoms with Gasteiger partial charge >= 0.3 is 0 Å². The molecule has 0 atom stereocenters. The number of anilines is 1. The third kappa shape index (κ3) is 3.58. The smallest absolute Gasteiger partial charge is 0.224 e. The van der Waals surface area contributed by atoms with Crippen LogP contribution in [0.15, 0.2) is 35.7 Å². The predicted octanol–water partition coefficient (Wildman–Crippen LogP) is 4.16. The second-order valence-corrected chi connectivity index (χ2v) is 5.14. The lowest BCUT2D eigenvalue weighted by atomic mass is 10.1. The summed E-state index contributed by atoms with van der Waals surface area (Å²) >= 11 is 1.54. The molecule has 0 unspecified atom stereocenters. The van der Waals surface area contributed by atoms with Gasteiger partial charge in [-0.2, -0.15) is 0 Å². The van der Waals surface area contributed by atoms with Gasteiger partial charge in [-0.25, -0.2) is 0 Å². The fraction of sp³-hybridized carbons (Fsp3) is 0.267. The summed E-state index contributed by atoms with van der Waals surface area (Å²) in [5, 5.41) is 5.83. The van der Waals surface area contributed by atoms with Gasteiger partial charge in [0.1, 0.15) is 5.75 Å². The van der Waals surface area contributed by atoms with Crippen LogP contribution in [0, 0.1) is 0 Å². The van der Waals surface area contributed by atoms with Gasteiger partial charge in [0.25, 0.3) is 0 Å². The summed E-state index contributed by atoms with van der Waals surface area (Å²) in [7, 11) is 1.66. The van der Waals surface area contributed by atoms with Crippen LogP contribution in [0.3, 0.4) is 0 Å². The number of thiophene rings is 1. The molecule has 2 aromatic rings. The van der Waals surface area contributed by atoms with Crippen molar-refractivity contribution in [2.24, 2.45) is 0 Å². The molecule has 0 saturated heterocycles. The minimum atomic E-state index is 0.0709. The zero-order valence-corrected chi connectivity index (χ0v) is 11.9. The van der Waals surface area contributed by atoms with E-state index >= 15 is 0 Å². The minimum Gasteiger partial charge on any atom is -0.497 e. The van der Waals surface area contributed by atoms with Crippen LogP contribution in [0.1, 0.15) is 19.8 Å². The molecular formula is C15H17NO2S. The van der Waals surface area contributed by atoms with Crippen molar-refractivity contribution in [3.8, 4) is 16.9 Å². The lowest BCUT2D eigenvalue weighted by molar-refractivity contribution is -0.116. The standard InChI is InChI=1S/C15H17NO2S/c1-3-5-14(17)16-15-9-12(10-19-15)11-6-4-7-13(8-11)18-2/h4,6-10H,3,5H2,1-2H3,(H,16,17). The second-order valence-electron chi connectivity index (χ2n) is 4.23. The first kappa shape index (κ1) is 13.6. The summed E-state index contributed by atoms with van der Waals surface area (Å²) in [4.78, 5) is 11.5. The zero-order chi connectivity index (χ0) is 13.7. The number of methoxy groups -OCH3 is 1. The van der Waals surface area contributed by atoms with E-state index in [1.54, 1.807) is 7.11 Å². The summed E-state index contributed by atoms with van der Waals surface area (Å²) in [5.41, 5.74) is 2.18. The van der Waals surface area contributed by atoms with Crippen LogP contribution in [0.5, 0.6) is 5.75 Å². The number of hydrogen-bond donors (Lipinski definition) is 1. The summed E-state index contributed by atoms with van der Waals surface area (Å²) in [5.74, 6) is 0.904. The summed E-state index contributed by atoms with van der Waals surface area (Å²) < 4.78 is 5.21. The molecule has 0 aliphatic carbocycles. The predicted molar refractivity (Wildman–Crippen MR) is 79.8 cm³/mol. The Labute approximate surface area is 117 Å². The Morgan fingerprint density at radius 2 is 2.16 bits per heavy atom. The fourth-order valence-electron chi connectivity index (χ4n) is 1.78. The van der Waals surface area contributed by atoms with Crippen LogP contribution in [0.2, 0.25) is 0 Å². The first-order valence-electron chi connectivity index (χ1n) is 6.25. The van der Waals surface area contributed by atoms with Gasteiger partial charge in [0, 0.05) is 11.8 Å². The third-order valence-corrected chi connectivity index (χ3v) is 3.59. The van der Waals surface area contributed by atoms with E-state index in [1.165, 1.54) is 11.3 Å². The molecule has 0 bridgehead atoms. The van der Waals surface area contributed by atoms with Crippen LogP contribution in [-0.4, -0.2) is 13.0 Å². The van der Waals surface area contributed by atoms with E-state index in [4.69, 9.17) is 4.74 Å². The highest BCUT2D eigenvalue weighted by Gasteiger charge is 2.06. The molecule has 1 N–H and O–H groups in total. The van der Waals surface area contributed by atoms with Crippen molar-refractivity contribution < 1.29 is 9.53 Å². The molecule has 1 aromatic carbocycles. The quantitative estimate of drug-likeness (QED) is 0.889. The average Bonchev–Trinajstić information content (AvgIpc) is 2.87. The van der Waals surface area contributed by atoms with Gasteiger partial charge in [-0.3, -0.25) is 4.79 Å². The fourth-order valence-corrected chi connectivity index (χ4v) is 2.61. The number of amides is 1. The first-order valence-corrected chi connectivity index (χ1v) is 7.13. The second kappa shape index (κ2) is 6.38. The molecule has 0 radical (unpaired) electrons. The molecule has 4 heteroatoms. The van der Waals surface area contributed by atoms with Crippen molar-refractivity contribution >= 4 is 22.2 Å². The van der Waals surface area contributed by atoms with E-state index in [0.29, 0.717) is 6.42 Å². The van der Waals surface area contributed by atoms with E-state index in [0.717, 1.165) is 28.3 Å². The van der Waals surface area contributed by atoms with Crippen molar-refractivity contribution in [1.82, 2.24) is 0 Å². The highest BCUT2D eigenvalue weighted by molar-refractivity contribution is 7.14. The highest BCUT2D eigenvalue weighted by atomic mass is 32.1. The van der Waals surface area contributed by atoms with Crippen molar-refractivity contribution in [1.29, 1.82) is 0 Å². The van der Waals surface area contributed by atoms with E-state index in [-0.39, 0.29) is 5.91 Å². The molecule has 1 heterocycles. The molecule has 19 heavy (non-hydrogen) atoms. The van der Waals surface area contributed by atoms with Crippen molar-refractivity contribution in [3.63, 3.8) is 0 Å². The maximum absolute atomic E-state index is 11.5. The Morgan fingerprint density at radius 1 is 1.32 bits per heavy atom. The maximum Gasteiger partial charge on any atom is 0.224 e. The lowest BCUT2D eigenvalue weighted by Gasteiger charge is -2.02. The number of rotatable bonds is 5. The molecule has 100 valence electrons. The van der Waals surface area contributed by atoms with Gasteiger partial charge in [-0.15, -0.1) is 11.3 Å². The topological polar surface area (TPSA) is 38.3 Å². The number of hydrogen-bond acceptors (Lipinski definition) is 3. The SMILES string of the molecule is CCCC(=O)Nc1cc(-c2cccc(OC)c2)cs1. The summed E-state index contributed by atoms with van der Waals surface area (Å²) in [6.45, 7) is 2.00. The maximum atomic E-state index is 11.5. The van der Waals surface area contributed by atoms with Crippen LogP contribution >= 0.6 is 11.3 Å². The molecule has 0 saturated carbocycles. The van der Waals surface area contributed by atoms with Crippen molar-refractivity contribution in [3.05, 3.63) is 35.7 Å². The highest BCUT2D eigenvalue weighted by Crippen LogP contribution is 2.30. The number of carbonyl (C=O) groups excluding carboxylic acids is 1. The van der Waals surface area contributed by atoms with Gasteiger partial charge in [-0.05, 0) is 35.7 Å². The Hall–Kier alpha value is -1.81. The van der Waals surface area contributed by atoms with Gasteiger partial charge in [0.05, 0.1) is 12.1 Å². The molecule has 1 aromatic heterocycles. The van der Waals surface area contributed by atoms with Crippen LogP contribution in [-0.2, 0) is 4.79 Å². The number of benzene rings is 1. The Kier molecular flexibility index (Phi) is 4.58. The zero-order valence-electron chi connectivity index (χ0n) is 11.1. The third-order valence-electron chi connectivity index (χ3n) is 2.74. The monoisotopic (exact) mass is 275 g/mol. The van der Waals surface area contributed by atoms with Crippen LogP contribution < -0.4 is 10.1 Å². The molecule has 0 spiro atoms. The van der Waals surface area contributed by atoms with Crippen LogP contribution in [0.25, 0.3) is 11.1 Å². The normalized spacial score (nSPS) is 10.2. The molecule has 0 aliphatic rings. The van der Waals surface area contributed by atoms with Crippen molar-refractivity contribution in [2.75, 3.05) is 12.4 Å². The molecule has 1 amide bonds. The largest absolute Gasteiger partial charge is 0.497 e. The molecule has 3 nitrogen and oxygen atoms in total. The number of carbonyl (C=O) groups is 1. The minimum absolute atomic E-state index is 0.0709. The summed E-state index contributed by atoms with van der Waals surface area (Å²) in [6, 6.07) is 9.88. The van der Waals surface area contributed by atoms with Gasteiger partial charge < -0.3 is 10.1 Å². The van der Waals surface area contributed by atoms with E-state index in [1.807, 2.05) is 42.6 Å². The van der Waals surface area contributed by atoms with Gasteiger partial charge in [0.2, 0.25) is 5.91 Å². The van der Waals surface area contributed by atoms with E-state index < -0.39 is 0 Å². The molecule has 0 fully saturated rings. The Bertz CT molecular complexity index is 563. The number of nitrogens with one attached hydrogen (secondary N) is 1. The average molecular weight is 275 g/mol. The molecular weight excluding hydrogens is 258 g/mol.